The van der Waals surface area contributed by atoms with Gasteiger partial charge in [-0.2, -0.15) is 0 Å². The van der Waals surface area contributed by atoms with Gasteiger partial charge in [0.1, 0.15) is 0 Å². The Morgan fingerprint density at radius 1 is 1.06 bits per heavy atom. The molecule has 2 aliphatic rings. The highest BCUT2D eigenvalue weighted by Gasteiger charge is 2.25. The second-order valence-corrected chi connectivity index (χ2v) is 4.77. The van der Waals surface area contributed by atoms with Gasteiger partial charge in [-0.05, 0) is 25.7 Å². The lowest BCUT2D eigenvalue weighted by atomic mass is 10.1. The lowest BCUT2D eigenvalue weighted by molar-refractivity contribution is 0.172. The molecule has 1 atom stereocenters. The van der Waals surface area contributed by atoms with E-state index in [1.54, 1.807) is 4.90 Å². The van der Waals surface area contributed by atoms with Crippen LogP contribution in [0.5, 0.6) is 0 Å². The predicted molar refractivity (Wildman–Crippen MR) is 63.5 cm³/mol. The summed E-state index contributed by atoms with van der Waals surface area (Å²) in [6.07, 6.45) is 3.99. The minimum Gasteiger partial charge on any atom is -0.351 e. The lowest BCUT2D eigenvalue weighted by Crippen LogP contribution is -2.53. The first kappa shape index (κ1) is 12.0. The van der Waals surface area contributed by atoms with Gasteiger partial charge in [0.2, 0.25) is 0 Å². The Balaban J connectivity index is 1.81. The van der Waals surface area contributed by atoms with Gasteiger partial charge in [0, 0.05) is 32.2 Å². The number of nitrogens with one attached hydrogen (secondary N) is 1. The quantitative estimate of drug-likeness (QED) is 0.693. The van der Waals surface area contributed by atoms with Crippen LogP contribution in [-0.2, 0) is 0 Å². The van der Waals surface area contributed by atoms with E-state index in [0.717, 1.165) is 38.8 Å². The van der Waals surface area contributed by atoms with E-state index < -0.39 is 6.03 Å². The Hall–Kier alpha value is -1.46. The van der Waals surface area contributed by atoms with Crippen LogP contribution in [0.25, 0.3) is 0 Å². The maximum atomic E-state index is 11.9. The van der Waals surface area contributed by atoms with Crippen molar-refractivity contribution in [3.63, 3.8) is 0 Å². The summed E-state index contributed by atoms with van der Waals surface area (Å²) in [6, 6.07) is -0.353. The van der Waals surface area contributed by atoms with Crippen molar-refractivity contribution in [1.82, 2.24) is 15.1 Å². The molecule has 0 aliphatic carbocycles. The number of nitrogens with two attached hydrogens (primary N) is 1. The fourth-order valence-corrected chi connectivity index (χ4v) is 2.48. The first-order valence-electron chi connectivity index (χ1n) is 6.26. The summed E-state index contributed by atoms with van der Waals surface area (Å²) in [6.45, 7) is 2.93. The van der Waals surface area contributed by atoms with Crippen molar-refractivity contribution in [2.24, 2.45) is 5.73 Å². The van der Waals surface area contributed by atoms with Gasteiger partial charge >= 0.3 is 12.1 Å². The fourth-order valence-electron chi connectivity index (χ4n) is 2.48. The molecule has 0 spiro atoms. The molecule has 4 amide bonds. The first-order valence-corrected chi connectivity index (χ1v) is 6.26. The molecule has 17 heavy (non-hydrogen) atoms. The normalized spacial score (nSPS) is 24.8. The van der Waals surface area contributed by atoms with Gasteiger partial charge in [0.15, 0.2) is 0 Å². The number of hydrogen-bond acceptors (Lipinski definition) is 2. The van der Waals surface area contributed by atoms with Crippen LogP contribution in [0.15, 0.2) is 0 Å². The van der Waals surface area contributed by atoms with Gasteiger partial charge in [-0.25, -0.2) is 9.59 Å². The molecule has 0 saturated carbocycles. The van der Waals surface area contributed by atoms with E-state index in [0.29, 0.717) is 13.1 Å². The summed E-state index contributed by atoms with van der Waals surface area (Å²) in [7, 11) is 0. The highest BCUT2D eigenvalue weighted by Crippen LogP contribution is 2.12. The number of carbonyl (C=O) groups is 2. The van der Waals surface area contributed by atoms with Crippen molar-refractivity contribution in [3.8, 4) is 0 Å². The number of rotatable bonds is 1. The molecule has 0 aromatic carbocycles. The third-order valence-corrected chi connectivity index (χ3v) is 3.45. The summed E-state index contributed by atoms with van der Waals surface area (Å²) in [5, 5.41) is 2.98. The average molecular weight is 240 g/mol. The molecule has 96 valence electrons. The smallest absolute Gasteiger partial charge is 0.317 e. The molecule has 1 unspecified atom stereocenters. The number of urea groups is 2. The number of piperidine rings is 1. The SMILES string of the molecule is NC(=O)N1CCCC(NC(=O)N2CCCC2)C1. The molecule has 6 heteroatoms. The van der Waals surface area contributed by atoms with Crippen LogP contribution in [0.3, 0.4) is 0 Å². The maximum absolute atomic E-state index is 11.9. The third-order valence-electron chi connectivity index (χ3n) is 3.45. The molecule has 2 aliphatic heterocycles. The van der Waals surface area contributed by atoms with Crippen molar-refractivity contribution >= 4 is 12.1 Å². The number of primary amides is 1. The van der Waals surface area contributed by atoms with E-state index in [-0.39, 0.29) is 12.1 Å². The van der Waals surface area contributed by atoms with Crippen LogP contribution < -0.4 is 11.1 Å². The number of likely N-dealkylation sites (tertiary alicyclic amines) is 2. The number of nitrogens with zero attached hydrogens (tertiary/aromatic N) is 2. The minimum absolute atomic E-state index is 0.00109. The Labute approximate surface area is 101 Å². The van der Waals surface area contributed by atoms with Crippen LogP contribution in [0.1, 0.15) is 25.7 Å². The molecule has 0 aromatic rings. The van der Waals surface area contributed by atoms with Gasteiger partial charge in [0.05, 0.1) is 0 Å². The maximum Gasteiger partial charge on any atom is 0.317 e. The van der Waals surface area contributed by atoms with E-state index in [1.165, 1.54) is 0 Å². The zero-order chi connectivity index (χ0) is 12.3. The van der Waals surface area contributed by atoms with Gasteiger partial charge in [-0.3, -0.25) is 0 Å². The van der Waals surface area contributed by atoms with Gasteiger partial charge in [-0.15, -0.1) is 0 Å². The summed E-state index contributed by atoms with van der Waals surface area (Å²) >= 11 is 0. The standard InChI is InChI=1S/C11H20N4O2/c12-10(16)15-7-3-4-9(8-15)13-11(17)14-5-1-2-6-14/h9H,1-8H2,(H2,12,16)(H,13,17). The van der Waals surface area contributed by atoms with E-state index in [2.05, 4.69) is 5.32 Å². The number of amides is 4. The molecular weight excluding hydrogens is 220 g/mol. The van der Waals surface area contributed by atoms with Crippen LogP contribution >= 0.6 is 0 Å². The zero-order valence-electron chi connectivity index (χ0n) is 10.0. The Morgan fingerprint density at radius 2 is 1.71 bits per heavy atom. The van der Waals surface area contributed by atoms with Crippen LogP contribution in [-0.4, -0.2) is 54.1 Å². The molecule has 6 nitrogen and oxygen atoms in total. The first-order chi connectivity index (χ1) is 8.16. The van der Waals surface area contributed by atoms with Crippen LogP contribution in [0.4, 0.5) is 9.59 Å². The highest BCUT2D eigenvalue weighted by molar-refractivity contribution is 5.75. The van der Waals surface area contributed by atoms with Crippen molar-refractivity contribution in [2.45, 2.75) is 31.7 Å². The largest absolute Gasteiger partial charge is 0.351 e. The second kappa shape index (κ2) is 5.25. The molecule has 2 saturated heterocycles. The van der Waals surface area contributed by atoms with E-state index in [1.807, 2.05) is 4.90 Å². The molecule has 3 N–H and O–H groups in total. The van der Waals surface area contributed by atoms with Crippen molar-refractivity contribution in [1.29, 1.82) is 0 Å². The molecule has 2 rings (SSSR count). The fraction of sp³-hybridized carbons (Fsp3) is 0.818. The van der Waals surface area contributed by atoms with Crippen molar-refractivity contribution in [2.75, 3.05) is 26.2 Å². The monoisotopic (exact) mass is 240 g/mol. The highest BCUT2D eigenvalue weighted by atomic mass is 16.2. The topological polar surface area (TPSA) is 78.7 Å². The Morgan fingerprint density at radius 3 is 2.35 bits per heavy atom. The molecule has 2 fully saturated rings. The third kappa shape index (κ3) is 3.01. The van der Waals surface area contributed by atoms with Crippen molar-refractivity contribution in [3.05, 3.63) is 0 Å². The van der Waals surface area contributed by atoms with Gasteiger partial charge in [-0.1, -0.05) is 0 Å². The van der Waals surface area contributed by atoms with E-state index >= 15 is 0 Å². The Bertz CT molecular complexity index is 302. The van der Waals surface area contributed by atoms with Crippen molar-refractivity contribution < 1.29 is 9.59 Å². The molecule has 0 bridgehead atoms. The Kier molecular flexibility index (Phi) is 3.71. The van der Waals surface area contributed by atoms with E-state index in [4.69, 9.17) is 5.73 Å². The molecule has 0 aromatic heterocycles. The zero-order valence-corrected chi connectivity index (χ0v) is 10.0. The molecule has 2 heterocycles. The summed E-state index contributed by atoms with van der Waals surface area (Å²) in [4.78, 5) is 26.4. The summed E-state index contributed by atoms with van der Waals surface area (Å²) < 4.78 is 0. The number of hydrogen-bond donors (Lipinski definition) is 2. The molecular formula is C11H20N4O2. The molecule has 0 radical (unpaired) electrons. The van der Waals surface area contributed by atoms with Crippen LogP contribution in [0, 0.1) is 0 Å². The second-order valence-electron chi connectivity index (χ2n) is 4.77. The summed E-state index contributed by atoms with van der Waals surface area (Å²) in [5.74, 6) is 0. The lowest BCUT2D eigenvalue weighted by Gasteiger charge is -2.32. The minimum atomic E-state index is -0.398. The predicted octanol–water partition coefficient (Wildman–Crippen LogP) is 0.335. The average Bonchev–Trinajstić information content (AvgIpc) is 2.82. The number of carbonyl (C=O) groups excluding carboxylic acids is 2. The van der Waals surface area contributed by atoms with Gasteiger partial charge < -0.3 is 20.9 Å². The van der Waals surface area contributed by atoms with Gasteiger partial charge in [0.25, 0.3) is 0 Å². The van der Waals surface area contributed by atoms with E-state index in [9.17, 15) is 9.59 Å². The summed E-state index contributed by atoms with van der Waals surface area (Å²) in [5.41, 5.74) is 5.25. The van der Waals surface area contributed by atoms with Crippen LogP contribution in [0.2, 0.25) is 0 Å².